The van der Waals surface area contributed by atoms with E-state index in [9.17, 15) is 19.7 Å². The molecule has 3 amide bonds. The van der Waals surface area contributed by atoms with E-state index in [1.807, 2.05) is 0 Å². The molecule has 26 heavy (non-hydrogen) atoms. The minimum absolute atomic E-state index is 0.0380. The minimum Gasteiger partial charge on any atom is -0.466 e. The van der Waals surface area contributed by atoms with Crippen LogP contribution in [0.4, 0.5) is 10.5 Å². The summed E-state index contributed by atoms with van der Waals surface area (Å²) in [5.41, 5.74) is 0.312. The first kappa shape index (κ1) is 17.7. The minimum atomic E-state index is -1.23. The zero-order chi connectivity index (χ0) is 19.2. The highest BCUT2D eigenvalue weighted by atomic mass is 16.6. The number of furan rings is 1. The molecule has 0 spiro atoms. The van der Waals surface area contributed by atoms with Crippen molar-refractivity contribution in [2.75, 3.05) is 0 Å². The summed E-state index contributed by atoms with van der Waals surface area (Å²) in [6, 6.07) is 5.80. The molecule has 8 nitrogen and oxygen atoms in total. The standard InChI is InChI=1S/C18H19N3O5/c1-10-8-14(12(3)26-10)18(4)16(22)20(17(23)19-18)9-13-6-5-7-15(11(13)2)21(24)25/h5-8H,9H2,1-4H3,(H,19,23). The molecule has 2 aromatic rings. The Hall–Kier alpha value is -3.16. The number of aryl methyl sites for hydroxylation is 2. The Bertz CT molecular complexity index is 933. The van der Waals surface area contributed by atoms with Gasteiger partial charge in [0.1, 0.15) is 17.1 Å². The van der Waals surface area contributed by atoms with Crippen LogP contribution < -0.4 is 5.32 Å². The summed E-state index contributed by atoms with van der Waals surface area (Å²) >= 11 is 0. The van der Waals surface area contributed by atoms with E-state index in [2.05, 4.69) is 5.32 Å². The van der Waals surface area contributed by atoms with Gasteiger partial charge in [-0.1, -0.05) is 12.1 Å². The molecule has 8 heteroatoms. The maximum Gasteiger partial charge on any atom is 0.325 e. The molecular formula is C18H19N3O5. The Balaban J connectivity index is 1.95. The van der Waals surface area contributed by atoms with Crippen LogP contribution in [0, 0.1) is 30.9 Å². The van der Waals surface area contributed by atoms with Gasteiger partial charge >= 0.3 is 6.03 Å². The van der Waals surface area contributed by atoms with Crippen molar-refractivity contribution in [1.29, 1.82) is 0 Å². The van der Waals surface area contributed by atoms with Gasteiger partial charge in [-0.25, -0.2) is 4.79 Å². The molecule has 1 aromatic carbocycles. The number of carbonyl (C=O) groups is 2. The fourth-order valence-corrected chi connectivity index (χ4v) is 3.36. The maximum absolute atomic E-state index is 13.0. The second-order valence-electron chi connectivity index (χ2n) is 6.59. The number of nitrogens with zero attached hydrogens (tertiary/aromatic N) is 2. The first-order chi connectivity index (χ1) is 12.1. The molecule has 1 fully saturated rings. The SMILES string of the molecule is Cc1cc(C2(C)NC(=O)N(Cc3cccc([N+](=O)[O-])c3C)C2=O)c(C)o1. The van der Waals surface area contributed by atoms with Crippen LogP contribution in [-0.4, -0.2) is 21.8 Å². The second kappa shape index (κ2) is 5.98. The highest BCUT2D eigenvalue weighted by molar-refractivity contribution is 6.07. The number of urea groups is 1. The number of nitro benzene ring substituents is 1. The summed E-state index contributed by atoms with van der Waals surface area (Å²) in [5, 5.41) is 13.8. The zero-order valence-electron chi connectivity index (χ0n) is 15.0. The van der Waals surface area contributed by atoms with Crippen molar-refractivity contribution in [3.8, 4) is 0 Å². The van der Waals surface area contributed by atoms with Gasteiger partial charge in [-0.3, -0.25) is 19.8 Å². The van der Waals surface area contributed by atoms with Crippen molar-refractivity contribution in [2.45, 2.75) is 39.8 Å². The van der Waals surface area contributed by atoms with Crippen molar-refractivity contribution < 1.29 is 18.9 Å². The van der Waals surface area contributed by atoms with Crippen molar-refractivity contribution in [3.05, 3.63) is 62.6 Å². The summed E-state index contributed by atoms with van der Waals surface area (Å²) in [4.78, 5) is 37.2. The van der Waals surface area contributed by atoms with Gasteiger partial charge in [0.05, 0.1) is 11.5 Å². The Morgan fingerprint density at radius 3 is 2.54 bits per heavy atom. The van der Waals surface area contributed by atoms with E-state index in [-0.39, 0.29) is 12.2 Å². The van der Waals surface area contributed by atoms with E-state index in [0.29, 0.717) is 28.2 Å². The molecule has 1 unspecified atom stereocenters. The third-order valence-electron chi connectivity index (χ3n) is 4.80. The van der Waals surface area contributed by atoms with Crippen LogP contribution in [0.2, 0.25) is 0 Å². The van der Waals surface area contributed by atoms with Gasteiger partial charge in [0.2, 0.25) is 0 Å². The van der Waals surface area contributed by atoms with Gasteiger partial charge in [0.25, 0.3) is 11.6 Å². The number of hydrogen-bond acceptors (Lipinski definition) is 5. The normalized spacial score (nSPS) is 19.8. The van der Waals surface area contributed by atoms with E-state index in [1.54, 1.807) is 45.9 Å². The fraction of sp³-hybridized carbons (Fsp3) is 0.333. The number of nitro groups is 1. The molecule has 0 aliphatic carbocycles. The molecule has 2 heterocycles. The molecule has 1 N–H and O–H groups in total. The van der Waals surface area contributed by atoms with Gasteiger partial charge < -0.3 is 9.73 Å². The van der Waals surface area contributed by atoms with Crippen LogP contribution in [0.5, 0.6) is 0 Å². The molecule has 136 valence electrons. The van der Waals surface area contributed by atoms with E-state index >= 15 is 0 Å². The van der Waals surface area contributed by atoms with Crippen molar-refractivity contribution >= 4 is 17.6 Å². The molecule has 1 aliphatic rings. The second-order valence-corrected chi connectivity index (χ2v) is 6.59. The van der Waals surface area contributed by atoms with Crippen LogP contribution in [0.25, 0.3) is 0 Å². The third-order valence-corrected chi connectivity index (χ3v) is 4.80. The molecule has 1 saturated heterocycles. The summed E-state index contributed by atoms with van der Waals surface area (Å²) in [6.07, 6.45) is 0. The third kappa shape index (κ3) is 2.63. The quantitative estimate of drug-likeness (QED) is 0.514. The van der Waals surface area contributed by atoms with Crippen molar-refractivity contribution in [2.24, 2.45) is 0 Å². The van der Waals surface area contributed by atoms with Crippen molar-refractivity contribution in [3.63, 3.8) is 0 Å². The molecule has 1 atom stereocenters. The van der Waals surface area contributed by atoms with Gasteiger partial charge in [0.15, 0.2) is 0 Å². The Labute approximate surface area is 149 Å². The fourth-order valence-electron chi connectivity index (χ4n) is 3.36. The van der Waals surface area contributed by atoms with Gasteiger partial charge in [-0.05, 0) is 39.3 Å². The Morgan fingerprint density at radius 1 is 1.27 bits per heavy atom. The van der Waals surface area contributed by atoms with Gasteiger partial charge in [0, 0.05) is 17.2 Å². The number of amides is 3. The smallest absolute Gasteiger partial charge is 0.325 e. The van der Waals surface area contributed by atoms with Crippen LogP contribution >= 0.6 is 0 Å². The number of rotatable bonds is 4. The molecular weight excluding hydrogens is 338 g/mol. The highest BCUT2D eigenvalue weighted by Crippen LogP contribution is 2.34. The maximum atomic E-state index is 13.0. The van der Waals surface area contributed by atoms with E-state index in [4.69, 9.17) is 4.42 Å². The first-order valence-corrected chi connectivity index (χ1v) is 8.09. The lowest BCUT2D eigenvalue weighted by Crippen LogP contribution is -2.41. The predicted molar refractivity (Wildman–Crippen MR) is 92.4 cm³/mol. The molecule has 3 rings (SSSR count). The van der Waals surface area contributed by atoms with Crippen LogP contribution in [0.3, 0.4) is 0 Å². The number of carbonyl (C=O) groups excluding carboxylic acids is 2. The average Bonchev–Trinajstić information content (AvgIpc) is 3.01. The van der Waals surface area contributed by atoms with Gasteiger partial charge in [-0.2, -0.15) is 0 Å². The number of nitrogens with one attached hydrogen (secondary N) is 1. The summed E-state index contributed by atoms with van der Waals surface area (Å²) in [6.45, 7) is 6.70. The summed E-state index contributed by atoms with van der Waals surface area (Å²) < 4.78 is 5.49. The first-order valence-electron chi connectivity index (χ1n) is 8.09. The molecule has 0 radical (unpaired) electrons. The van der Waals surface area contributed by atoms with Crippen LogP contribution in [0.1, 0.15) is 35.1 Å². The lowest BCUT2D eigenvalue weighted by Gasteiger charge is -2.21. The van der Waals surface area contributed by atoms with E-state index in [1.165, 1.54) is 6.07 Å². The predicted octanol–water partition coefficient (Wildman–Crippen LogP) is 3.08. The molecule has 0 bridgehead atoms. The van der Waals surface area contributed by atoms with E-state index in [0.717, 1.165) is 4.90 Å². The monoisotopic (exact) mass is 357 g/mol. The lowest BCUT2D eigenvalue weighted by atomic mass is 9.92. The average molecular weight is 357 g/mol. The highest BCUT2D eigenvalue weighted by Gasteiger charge is 2.50. The Kier molecular flexibility index (Phi) is 4.06. The number of benzene rings is 1. The molecule has 0 saturated carbocycles. The van der Waals surface area contributed by atoms with Gasteiger partial charge in [-0.15, -0.1) is 0 Å². The van der Waals surface area contributed by atoms with Crippen molar-refractivity contribution in [1.82, 2.24) is 10.2 Å². The lowest BCUT2D eigenvalue weighted by molar-refractivity contribution is -0.385. The molecule has 1 aliphatic heterocycles. The topological polar surface area (TPSA) is 106 Å². The summed E-state index contributed by atoms with van der Waals surface area (Å²) in [5.74, 6) is 0.790. The van der Waals surface area contributed by atoms with Crippen LogP contribution in [-0.2, 0) is 16.9 Å². The zero-order valence-corrected chi connectivity index (χ0v) is 15.0. The largest absolute Gasteiger partial charge is 0.466 e. The van der Waals surface area contributed by atoms with E-state index < -0.39 is 22.4 Å². The van der Waals surface area contributed by atoms with Crippen LogP contribution in [0.15, 0.2) is 28.7 Å². The number of hydrogen-bond donors (Lipinski definition) is 1. The number of imide groups is 1. The summed E-state index contributed by atoms with van der Waals surface area (Å²) in [7, 11) is 0. The Morgan fingerprint density at radius 2 is 1.96 bits per heavy atom. The molecule has 1 aromatic heterocycles.